The number of sulfonamides is 1. The minimum Gasteiger partial charge on any atom is -0.357 e. The van der Waals surface area contributed by atoms with Crippen molar-refractivity contribution in [3.8, 4) is 21.8 Å². The Morgan fingerprint density at radius 3 is 2.48 bits per heavy atom. The monoisotopic (exact) mass is 451 g/mol. The molecule has 0 spiro atoms. The summed E-state index contributed by atoms with van der Waals surface area (Å²) in [7, 11) is -1.71. The first kappa shape index (κ1) is 21.5. The van der Waals surface area contributed by atoms with E-state index >= 15 is 0 Å². The predicted octanol–water partition coefficient (Wildman–Crippen LogP) is 4.63. The van der Waals surface area contributed by atoms with Crippen molar-refractivity contribution in [1.82, 2.24) is 15.0 Å². The molecule has 2 heterocycles. The maximum atomic E-state index is 11.7. The molecule has 0 amide bonds. The lowest BCUT2D eigenvalue weighted by Gasteiger charge is -2.13. The molecule has 0 saturated carbocycles. The number of rotatable bonds is 5. The smallest absolute Gasteiger partial charge is 0.229 e. The number of halogens is 1. The molecule has 154 valence electrons. The summed E-state index contributed by atoms with van der Waals surface area (Å²) < 4.78 is 25.8. The first-order valence-corrected chi connectivity index (χ1v) is 11.9. The summed E-state index contributed by atoms with van der Waals surface area (Å²) in [5.41, 5.74) is 2.13. The molecular weight excluding hydrogens is 430 g/mol. The first-order valence-electron chi connectivity index (χ1n) is 8.79. The van der Waals surface area contributed by atoms with Crippen LogP contribution in [-0.2, 0) is 15.4 Å². The van der Waals surface area contributed by atoms with Crippen LogP contribution < -0.4 is 10.0 Å². The van der Waals surface area contributed by atoms with E-state index < -0.39 is 10.0 Å². The van der Waals surface area contributed by atoms with Gasteiger partial charge in [0.05, 0.1) is 38.2 Å². The fraction of sp³-hybridized carbons (Fsp3) is 0.316. The van der Waals surface area contributed by atoms with Crippen molar-refractivity contribution in [3.05, 3.63) is 40.5 Å². The number of hydrogen-bond acceptors (Lipinski definition) is 7. The van der Waals surface area contributed by atoms with E-state index in [1.807, 2.05) is 12.1 Å². The van der Waals surface area contributed by atoms with Crippen LogP contribution in [0.5, 0.6) is 0 Å². The summed E-state index contributed by atoms with van der Waals surface area (Å²) in [5.74, 6) is 0.498. The lowest BCUT2D eigenvalue weighted by molar-refractivity contribution is 0.586. The lowest BCUT2D eigenvalue weighted by atomic mass is 9.98. The molecule has 0 aliphatic rings. The highest BCUT2D eigenvalue weighted by Gasteiger charge is 2.25. The molecule has 0 radical (unpaired) electrons. The van der Waals surface area contributed by atoms with E-state index in [1.54, 1.807) is 25.4 Å². The highest BCUT2D eigenvalue weighted by molar-refractivity contribution is 7.92. The van der Waals surface area contributed by atoms with Gasteiger partial charge in [-0.3, -0.25) is 4.72 Å². The fourth-order valence-corrected chi connectivity index (χ4v) is 4.59. The van der Waals surface area contributed by atoms with E-state index in [0.717, 1.165) is 16.1 Å². The van der Waals surface area contributed by atoms with Gasteiger partial charge in [0.2, 0.25) is 16.0 Å². The maximum absolute atomic E-state index is 11.7. The van der Waals surface area contributed by atoms with Crippen LogP contribution in [0.4, 0.5) is 11.6 Å². The zero-order chi connectivity index (χ0) is 21.4. The van der Waals surface area contributed by atoms with Gasteiger partial charge in [0.15, 0.2) is 0 Å². The minimum atomic E-state index is -3.47. The number of thiazole rings is 1. The van der Waals surface area contributed by atoms with Crippen molar-refractivity contribution in [2.24, 2.45) is 0 Å². The Morgan fingerprint density at radius 2 is 1.86 bits per heavy atom. The van der Waals surface area contributed by atoms with E-state index in [0.29, 0.717) is 28.6 Å². The molecule has 0 aliphatic heterocycles. The molecule has 0 atom stereocenters. The molecule has 2 N–H and O–H groups in total. The number of nitrogens with zero attached hydrogens (tertiary/aromatic N) is 3. The summed E-state index contributed by atoms with van der Waals surface area (Å²) in [6.07, 6.45) is 2.76. The van der Waals surface area contributed by atoms with Gasteiger partial charge >= 0.3 is 0 Å². The molecule has 0 bridgehead atoms. The Morgan fingerprint density at radius 1 is 1.14 bits per heavy atom. The van der Waals surface area contributed by atoms with Crippen LogP contribution >= 0.6 is 22.9 Å². The Bertz CT molecular complexity index is 1150. The molecule has 1 aromatic carbocycles. The Kier molecular flexibility index (Phi) is 5.84. The van der Waals surface area contributed by atoms with Gasteiger partial charge in [0.25, 0.3) is 0 Å². The SMILES string of the molecule is CNc1nccc(-c2sc(C(C)(C)C)nc2-c2cccc(NS(C)(=O)=O)c2Cl)n1. The molecule has 0 aliphatic carbocycles. The van der Waals surface area contributed by atoms with E-state index in [4.69, 9.17) is 16.6 Å². The van der Waals surface area contributed by atoms with Gasteiger partial charge < -0.3 is 5.32 Å². The molecule has 7 nitrogen and oxygen atoms in total. The van der Waals surface area contributed by atoms with Crippen molar-refractivity contribution >= 4 is 44.6 Å². The summed E-state index contributed by atoms with van der Waals surface area (Å²) in [6, 6.07) is 7.00. The van der Waals surface area contributed by atoms with Gasteiger partial charge in [-0.1, -0.05) is 44.5 Å². The Labute approximate surface area is 179 Å². The Balaban J connectivity index is 2.24. The standard InChI is InChI=1S/C19H22ClN5O2S2/c1-19(2,3)17-24-15(16(28-17)13-9-10-22-18(21-4)23-13)11-7-6-8-12(14(11)20)25-29(5,26)27/h6-10,25H,1-5H3,(H,21,22,23). The molecule has 2 aromatic heterocycles. The molecular formula is C19H22ClN5O2S2. The molecule has 29 heavy (non-hydrogen) atoms. The number of benzene rings is 1. The van der Waals surface area contributed by atoms with Crippen LogP contribution in [-0.4, -0.2) is 36.7 Å². The van der Waals surface area contributed by atoms with Crippen LogP contribution in [0.25, 0.3) is 21.8 Å². The van der Waals surface area contributed by atoms with Gasteiger partial charge in [-0.15, -0.1) is 11.3 Å². The average Bonchev–Trinajstić information content (AvgIpc) is 3.08. The summed E-state index contributed by atoms with van der Waals surface area (Å²) in [5, 5.41) is 4.14. The highest BCUT2D eigenvalue weighted by Crippen LogP contribution is 2.43. The quantitative estimate of drug-likeness (QED) is 0.586. The topological polar surface area (TPSA) is 96.9 Å². The molecule has 3 rings (SSSR count). The second kappa shape index (κ2) is 7.89. The van der Waals surface area contributed by atoms with Crippen molar-refractivity contribution < 1.29 is 8.42 Å². The second-order valence-electron chi connectivity index (χ2n) is 7.50. The van der Waals surface area contributed by atoms with Gasteiger partial charge in [0, 0.05) is 24.2 Å². The number of hydrogen-bond donors (Lipinski definition) is 2. The predicted molar refractivity (Wildman–Crippen MR) is 120 cm³/mol. The third-order valence-corrected chi connectivity index (χ3v) is 6.43. The first-order chi connectivity index (χ1) is 13.5. The summed E-state index contributed by atoms with van der Waals surface area (Å²) in [6.45, 7) is 6.25. The number of aromatic nitrogens is 3. The number of nitrogens with one attached hydrogen (secondary N) is 2. The summed E-state index contributed by atoms with van der Waals surface area (Å²) >= 11 is 8.12. The Hall–Kier alpha value is -2.23. The zero-order valence-electron chi connectivity index (χ0n) is 16.7. The lowest BCUT2D eigenvalue weighted by Crippen LogP contribution is -2.10. The van der Waals surface area contributed by atoms with Gasteiger partial charge in [-0.25, -0.2) is 23.4 Å². The highest BCUT2D eigenvalue weighted by atomic mass is 35.5. The molecule has 0 saturated heterocycles. The maximum Gasteiger partial charge on any atom is 0.229 e. The van der Waals surface area contributed by atoms with Crippen LogP contribution in [0.2, 0.25) is 5.02 Å². The van der Waals surface area contributed by atoms with E-state index in [2.05, 4.69) is 40.8 Å². The van der Waals surface area contributed by atoms with Crippen LogP contribution in [0.15, 0.2) is 30.5 Å². The zero-order valence-corrected chi connectivity index (χ0v) is 19.1. The fourth-order valence-electron chi connectivity index (χ4n) is 2.60. The molecule has 3 aromatic rings. The third-order valence-electron chi connectivity index (χ3n) is 3.93. The van der Waals surface area contributed by atoms with Gasteiger partial charge in [0.1, 0.15) is 0 Å². The molecule has 0 unspecified atom stereocenters. The van der Waals surface area contributed by atoms with E-state index in [1.165, 1.54) is 11.3 Å². The van der Waals surface area contributed by atoms with Crippen molar-refractivity contribution in [3.63, 3.8) is 0 Å². The third kappa shape index (κ3) is 4.85. The van der Waals surface area contributed by atoms with E-state index in [-0.39, 0.29) is 10.4 Å². The van der Waals surface area contributed by atoms with Crippen LogP contribution in [0, 0.1) is 0 Å². The van der Waals surface area contributed by atoms with Crippen LogP contribution in [0.1, 0.15) is 25.8 Å². The average molecular weight is 452 g/mol. The molecule has 10 heteroatoms. The van der Waals surface area contributed by atoms with E-state index in [9.17, 15) is 8.42 Å². The van der Waals surface area contributed by atoms with Crippen molar-refractivity contribution in [2.45, 2.75) is 26.2 Å². The number of anilines is 2. The summed E-state index contributed by atoms with van der Waals surface area (Å²) in [4.78, 5) is 14.4. The van der Waals surface area contributed by atoms with Crippen molar-refractivity contribution in [2.75, 3.05) is 23.3 Å². The minimum absolute atomic E-state index is 0.175. The largest absolute Gasteiger partial charge is 0.357 e. The normalized spacial score (nSPS) is 12.1. The van der Waals surface area contributed by atoms with Gasteiger partial charge in [-0.2, -0.15) is 0 Å². The van der Waals surface area contributed by atoms with Gasteiger partial charge in [-0.05, 0) is 12.1 Å². The second-order valence-corrected chi connectivity index (χ2v) is 10.6. The molecule has 0 fully saturated rings. The van der Waals surface area contributed by atoms with Crippen LogP contribution in [0.3, 0.4) is 0 Å². The van der Waals surface area contributed by atoms with Crippen molar-refractivity contribution in [1.29, 1.82) is 0 Å².